The monoisotopic (exact) mass is 410 g/mol. The van der Waals surface area contributed by atoms with Gasteiger partial charge in [0.05, 0.1) is 4.92 Å². The Morgan fingerprint density at radius 1 is 1.13 bits per heavy atom. The SMILES string of the molecule is CN(C)C(=O)C(Cc1ccccc1)NC(=O)c1ccc(N2CCCC2)c([N+](=O)[O-])c1. The van der Waals surface area contributed by atoms with Crippen LogP contribution in [0.15, 0.2) is 48.5 Å². The second-order valence-electron chi connectivity index (χ2n) is 7.60. The average molecular weight is 410 g/mol. The highest BCUT2D eigenvalue weighted by molar-refractivity contribution is 5.98. The summed E-state index contributed by atoms with van der Waals surface area (Å²) in [5.41, 5.74) is 1.50. The number of amides is 2. The molecule has 0 radical (unpaired) electrons. The lowest BCUT2D eigenvalue weighted by Gasteiger charge is -2.22. The summed E-state index contributed by atoms with van der Waals surface area (Å²) in [7, 11) is 3.25. The van der Waals surface area contributed by atoms with Crippen molar-refractivity contribution in [1.29, 1.82) is 0 Å². The van der Waals surface area contributed by atoms with Crippen molar-refractivity contribution >= 4 is 23.2 Å². The van der Waals surface area contributed by atoms with E-state index in [1.54, 1.807) is 26.2 Å². The molecule has 0 saturated carbocycles. The number of nitro groups is 1. The molecule has 1 atom stereocenters. The summed E-state index contributed by atoms with van der Waals surface area (Å²) in [5.74, 6) is -0.752. The lowest BCUT2D eigenvalue weighted by atomic mass is 10.0. The summed E-state index contributed by atoms with van der Waals surface area (Å²) in [6, 6.07) is 13.1. The van der Waals surface area contributed by atoms with E-state index in [9.17, 15) is 19.7 Å². The van der Waals surface area contributed by atoms with Gasteiger partial charge in [-0.1, -0.05) is 30.3 Å². The molecule has 0 bridgehead atoms. The highest BCUT2D eigenvalue weighted by Gasteiger charge is 2.27. The Morgan fingerprint density at radius 2 is 1.80 bits per heavy atom. The second kappa shape index (κ2) is 9.39. The number of nitrogens with one attached hydrogen (secondary N) is 1. The number of benzene rings is 2. The van der Waals surface area contributed by atoms with Gasteiger partial charge in [-0.05, 0) is 30.5 Å². The van der Waals surface area contributed by atoms with Crippen LogP contribution in [0.25, 0.3) is 0 Å². The van der Waals surface area contributed by atoms with Crippen LogP contribution >= 0.6 is 0 Å². The van der Waals surface area contributed by atoms with E-state index in [0.29, 0.717) is 12.1 Å². The molecule has 1 heterocycles. The van der Waals surface area contributed by atoms with Gasteiger partial charge >= 0.3 is 0 Å². The summed E-state index contributed by atoms with van der Waals surface area (Å²) in [6.07, 6.45) is 2.32. The summed E-state index contributed by atoms with van der Waals surface area (Å²) in [5, 5.41) is 14.4. The molecule has 2 aromatic carbocycles. The van der Waals surface area contributed by atoms with E-state index in [1.807, 2.05) is 35.2 Å². The number of nitrogens with zero attached hydrogens (tertiary/aromatic N) is 3. The molecule has 1 aliphatic rings. The smallest absolute Gasteiger partial charge is 0.293 e. The molecule has 0 aliphatic carbocycles. The van der Waals surface area contributed by atoms with E-state index in [1.165, 1.54) is 11.0 Å². The number of hydrogen-bond donors (Lipinski definition) is 1. The zero-order valence-corrected chi connectivity index (χ0v) is 17.2. The maximum absolute atomic E-state index is 12.9. The summed E-state index contributed by atoms with van der Waals surface area (Å²) in [6.45, 7) is 1.53. The Kier molecular flexibility index (Phi) is 6.66. The standard InChI is InChI=1S/C22H26N4O4/c1-24(2)22(28)18(14-16-8-4-3-5-9-16)23-21(27)17-10-11-19(20(15-17)26(29)30)25-12-6-7-13-25/h3-5,8-11,15,18H,6-7,12-14H2,1-2H3,(H,23,27). The number of likely N-dealkylation sites (N-methyl/N-ethyl adjacent to an activating group) is 1. The van der Waals surface area contributed by atoms with E-state index < -0.39 is 16.9 Å². The number of carbonyl (C=O) groups excluding carboxylic acids is 2. The van der Waals surface area contributed by atoms with E-state index in [4.69, 9.17) is 0 Å². The molecule has 1 N–H and O–H groups in total. The molecule has 3 rings (SSSR count). The van der Waals surface area contributed by atoms with Crippen LogP contribution in [0.4, 0.5) is 11.4 Å². The predicted octanol–water partition coefficient (Wildman–Crippen LogP) is 2.62. The highest BCUT2D eigenvalue weighted by Crippen LogP contribution is 2.31. The first kappa shape index (κ1) is 21.3. The number of rotatable bonds is 7. The molecule has 1 unspecified atom stereocenters. The van der Waals surface area contributed by atoms with E-state index in [0.717, 1.165) is 31.5 Å². The quantitative estimate of drug-likeness (QED) is 0.559. The largest absolute Gasteiger partial charge is 0.366 e. The molecule has 1 saturated heterocycles. The van der Waals surface area contributed by atoms with Gasteiger partial charge in [0.15, 0.2) is 0 Å². The first-order chi connectivity index (χ1) is 14.4. The maximum atomic E-state index is 12.9. The fourth-order valence-electron chi connectivity index (χ4n) is 3.64. The maximum Gasteiger partial charge on any atom is 0.293 e. The van der Waals surface area contributed by atoms with E-state index in [-0.39, 0.29) is 17.2 Å². The molecule has 0 aromatic heterocycles. The van der Waals surface area contributed by atoms with Gasteiger partial charge in [0.2, 0.25) is 5.91 Å². The van der Waals surface area contributed by atoms with Crippen LogP contribution in [0, 0.1) is 10.1 Å². The van der Waals surface area contributed by atoms with Crippen LogP contribution in [-0.2, 0) is 11.2 Å². The fourth-order valence-corrected chi connectivity index (χ4v) is 3.64. The minimum atomic E-state index is -0.771. The molecule has 1 aliphatic heterocycles. The van der Waals surface area contributed by atoms with Crippen molar-refractivity contribution in [3.63, 3.8) is 0 Å². The Morgan fingerprint density at radius 3 is 2.40 bits per heavy atom. The van der Waals surface area contributed by atoms with Gasteiger partial charge < -0.3 is 15.1 Å². The normalized spacial score (nSPS) is 14.3. The number of hydrogen-bond acceptors (Lipinski definition) is 5. The third-order valence-electron chi connectivity index (χ3n) is 5.21. The summed E-state index contributed by atoms with van der Waals surface area (Å²) in [4.78, 5) is 40.0. The lowest BCUT2D eigenvalue weighted by molar-refractivity contribution is -0.384. The minimum absolute atomic E-state index is 0.0944. The lowest BCUT2D eigenvalue weighted by Crippen LogP contribution is -2.47. The molecule has 8 nitrogen and oxygen atoms in total. The number of anilines is 1. The Balaban J connectivity index is 1.83. The van der Waals surface area contributed by atoms with Gasteiger partial charge in [-0.3, -0.25) is 19.7 Å². The van der Waals surface area contributed by atoms with Crippen molar-refractivity contribution in [3.05, 3.63) is 69.8 Å². The van der Waals surface area contributed by atoms with Crippen LogP contribution in [0.1, 0.15) is 28.8 Å². The zero-order valence-electron chi connectivity index (χ0n) is 17.2. The minimum Gasteiger partial charge on any atom is -0.366 e. The van der Waals surface area contributed by atoms with Gasteiger partial charge in [-0.15, -0.1) is 0 Å². The van der Waals surface area contributed by atoms with Crippen molar-refractivity contribution < 1.29 is 14.5 Å². The van der Waals surface area contributed by atoms with Crippen LogP contribution in [0.2, 0.25) is 0 Å². The van der Waals surface area contributed by atoms with Crippen LogP contribution in [0.3, 0.4) is 0 Å². The van der Waals surface area contributed by atoms with Crippen molar-refractivity contribution in [2.24, 2.45) is 0 Å². The predicted molar refractivity (Wildman–Crippen MR) is 115 cm³/mol. The molecular weight excluding hydrogens is 384 g/mol. The average Bonchev–Trinajstić information content (AvgIpc) is 3.27. The van der Waals surface area contributed by atoms with Gasteiger partial charge in [-0.25, -0.2) is 0 Å². The van der Waals surface area contributed by atoms with Crippen LogP contribution in [-0.4, -0.2) is 54.9 Å². The fraction of sp³-hybridized carbons (Fsp3) is 0.364. The van der Waals surface area contributed by atoms with Crippen molar-refractivity contribution in [2.75, 3.05) is 32.1 Å². The Hall–Kier alpha value is -3.42. The van der Waals surface area contributed by atoms with Crippen molar-refractivity contribution in [1.82, 2.24) is 10.2 Å². The molecule has 30 heavy (non-hydrogen) atoms. The number of nitro benzene ring substituents is 1. The summed E-state index contributed by atoms with van der Waals surface area (Å²) < 4.78 is 0. The Bertz CT molecular complexity index is 924. The second-order valence-corrected chi connectivity index (χ2v) is 7.60. The first-order valence-electron chi connectivity index (χ1n) is 9.96. The molecule has 158 valence electrons. The van der Waals surface area contributed by atoms with Crippen LogP contribution in [0.5, 0.6) is 0 Å². The van der Waals surface area contributed by atoms with Gasteiger partial charge in [0.25, 0.3) is 11.6 Å². The van der Waals surface area contributed by atoms with Gasteiger partial charge in [0.1, 0.15) is 11.7 Å². The first-order valence-corrected chi connectivity index (χ1v) is 9.96. The molecule has 0 spiro atoms. The van der Waals surface area contributed by atoms with Crippen molar-refractivity contribution in [3.8, 4) is 0 Å². The van der Waals surface area contributed by atoms with Gasteiger partial charge in [0, 0.05) is 45.2 Å². The third kappa shape index (κ3) is 4.94. The van der Waals surface area contributed by atoms with Gasteiger partial charge in [-0.2, -0.15) is 0 Å². The summed E-state index contributed by atoms with van der Waals surface area (Å²) >= 11 is 0. The zero-order chi connectivity index (χ0) is 21.7. The van der Waals surface area contributed by atoms with E-state index >= 15 is 0 Å². The van der Waals surface area contributed by atoms with Crippen molar-refractivity contribution in [2.45, 2.75) is 25.3 Å². The Labute approximate surface area is 175 Å². The molecule has 2 amide bonds. The van der Waals surface area contributed by atoms with Crippen LogP contribution < -0.4 is 10.2 Å². The highest BCUT2D eigenvalue weighted by atomic mass is 16.6. The molecule has 2 aromatic rings. The topological polar surface area (TPSA) is 95.8 Å². The third-order valence-corrected chi connectivity index (χ3v) is 5.21. The molecule has 8 heteroatoms. The van der Waals surface area contributed by atoms with E-state index in [2.05, 4.69) is 5.32 Å². The molecule has 1 fully saturated rings. The number of carbonyl (C=O) groups is 2. The molecular formula is C22H26N4O4.